The highest BCUT2D eigenvalue weighted by molar-refractivity contribution is 5.83. The molecule has 0 spiro atoms. The molecule has 0 bridgehead atoms. The van der Waals surface area contributed by atoms with Crippen LogP contribution in [-0.2, 0) is 0 Å². The van der Waals surface area contributed by atoms with Gasteiger partial charge in [-0.3, -0.25) is 10.1 Å². The molecular formula is C11H18N4. The first-order valence-electron chi connectivity index (χ1n) is 5.59. The van der Waals surface area contributed by atoms with Crippen molar-refractivity contribution in [3.8, 4) is 0 Å². The van der Waals surface area contributed by atoms with Gasteiger partial charge in [0.15, 0.2) is 0 Å². The number of aromatic nitrogens is 2. The maximum atomic E-state index is 6.01. The van der Waals surface area contributed by atoms with Gasteiger partial charge >= 0.3 is 0 Å². The van der Waals surface area contributed by atoms with Crippen LogP contribution in [0.5, 0.6) is 0 Å². The number of H-pyrrole nitrogens is 1. The van der Waals surface area contributed by atoms with Crippen molar-refractivity contribution in [3.63, 3.8) is 0 Å². The van der Waals surface area contributed by atoms with Crippen LogP contribution < -0.4 is 5.73 Å². The van der Waals surface area contributed by atoms with Gasteiger partial charge < -0.3 is 5.73 Å². The number of amidine groups is 1. The van der Waals surface area contributed by atoms with Crippen LogP contribution >= 0.6 is 0 Å². The summed E-state index contributed by atoms with van der Waals surface area (Å²) in [7, 11) is 0. The smallest absolute Gasteiger partial charge is 0.0975 e. The van der Waals surface area contributed by atoms with E-state index < -0.39 is 0 Å². The number of nitrogens with zero attached hydrogens (tertiary/aromatic N) is 2. The predicted molar refractivity (Wildman–Crippen MR) is 60.6 cm³/mol. The highest BCUT2D eigenvalue weighted by Gasteiger charge is 2.19. The molecule has 82 valence electrons. The van der Waals surface area contributed by atoms with Crippen molar-refractivity contribution in [2.45, 2.75) is 38.6 Å². The molecule has 2 rings (SSSR count). The van der Waals surface area contributed by atoms with Gasteiger partial charge in [0.1, 0.15) is 0 Å². The van der Waals surface area contributed by atoms with Crippen LogP contribution in [0.4, 0.5) is 0 Å². The summed E-state index contributed by atoms with van der Waals surface area (Å²) in [6.45, 7) is 2.05. The Kier molecular flexibility index (Phi) is 3.04. The first-order valence-corrected chi connectivity index (χ1v) is 5.59. The van der Waals surface area contributed by atoms with Crippen LogP contribution in [0.15, 0.2) is 17.4 Å². The molecule has 1 fully saturated rings. The molecule has 1 aromatic heterocycles. The number of aliphatic imine (C=N–C) groups is 1. The Morgan fingerprint density at radius 2 is 2.33 bits per heavy atom. The van der Waals surface area contributed by atoms with Gasteiger partial charge in [0, 0.05) is 17.7 Å². The minimum Gasteiger partial charge on any atom is -0.387 e. The minimum atomic E-state index is 0.115. The standard InChI is InChI=1S/C11H18N4/c1-8(10-6-13-14-7-10)15-11(12)9-4-2-3-5-9/h6-9H,2-5H2,1H3,(H2,12,15)(H,13,14). The maximum absolute atomic E-state index is 6.01. The van der Waals surface area contributed by atoms with Gasteiger partial charge in [0.2, 0.25) is 0 Å². The average Bonchev–Trinajstić information content (AvgIpc) is 2.91. The third kappa shape index (κ3) is 2.37. The van der Waals surface area contributed by atoms with E-state index in [1.807, 2.05) is 13.1 Å². The summed E-state index contributed by atoms with van der Waals surface area (Å²) in [6, 6.07) is 0.115. The molecule has 1 atom stereocenters. The third-order valence-electron chi connectivity index (χ3n) is 3.12. The lowest BCUT2D eigenvalue weighted by atomic mass is 10.1. The Morgan fingerprint density at radius 1 is 1.60 bits per heavy atom. The van der Waals surface area contributed by atoms with E-state index in [0.717, 1.165) is 11.4 Å². The minimum absolute atomic E-state index is 0.115. The summed E-state index contributed by atoms with van der Waals surface area (Å²) in [5.41, 5.74) is 7.10. The molecule has 0 saturated heterocycles. The number of hydrogen-bond acceptors (Lipinski definition) is 2. The van der Waals surface area contributed by atoms with Crippen molar-refractivity contribution >= 4 is 5.84 Å². The number of rotatable bonds is 3. The summed E-state index contributed by atoms with van der Waals surface area (Å²) in [4.78, 5) is 4.54. The second-order valence-corrected chi connectivity index (χ2v) is 4.24. The monoisotopic (exact) mass is 206 g/mol. The van der Waals surface area contributed by atoms with E-state index in [-0.39, 0.29) is 6.04 Å². The second-order valence-electron chi connectivity index (χ2n) is 4.24. The maximum Gasteiger partial charge on any atom is 0.0975 e. The summed E-state index contributed by atoms with van der Waals surface area (Å²) < 4.78 is 0. The van der Waals surface area contributed by atoms with Crippen LogP contribution in [0.25, 0.3) is 0 Å². The normalized spacial score (nSPS) is 20.7. The highest BCUT2D eigenvalue weighted by atomic mass is 15.1. The topological polar surface area (TPSA) is 67.1 Å². The van der Waals surface area contributed by atoms with Gasteiger partial charge in [0.05, 0.1) is 18.1 Å². The van der Waals surface area contributed by atoms with Gasteiger partial charge in [-0.15, -0.1) is 0 Å². The van der Waals surface area contributed by atoms with Gasteiger partial charge in [-0.2, -0.15) is 5.10 Å². The van der Waals surface area contributed by atoms with E-state index in [0.29, 0.717) is 5.92 Å². The Balaban J connectivity index is 2.02. The van der Waals surface area contributed by atoms with E-state index >= 15 is 0 Å². The predicted octanol–water partition coefficient (Wildman–Crippen LogP) is 2.02. The quantitative estimate of drug-likeness (QED) is 0.587. The van der Waals surface area contributed by atoms with Crippen molar-refractivity contribution in [2.75, 3.05) is 0 Å². The summed E-state index contributed by atoms with van der Waals surface area (Å²) >= 11 is 0. The fraction of sp³-hybridized carbons (Fsp3) is 0.636. The molecule has 0 aromatic carbocycles. The lowest BCUT2D eigenvalue weighted by molar-refractivity contribution is 0.700. The highest BCUT2D eigenvalue weighted by Crippen LogP contribution is 2.26. The molecule has 0 aliphatic heterocycles. The summed E-state index contributed by atoms with van der Waals surface area (Å²) in [6.07, 6.45) is 8.66. The largest absolute Gasteiger partial charge is 0.387 e. The number of nitrogens with one attached hydrogen (secondary N) is 1. The van der Waals surface area contributed by atoms with Crippen LogP contribution in [0.3, 0.4) is 0 Å². The Bertz CT molecular complexity index is 322. The molecular weight excluding hydrogens is 188 g/mol. The van der Waals surface area contributed by atoms with Gasteiger partial charge in [0.25, 0.3) is 0 Å². The molecule has 3 N–H and O–H groups in total. The molecule has 15 heavy (non-hydrogen) atoms. The fourth-order valence-corrected chi connectivity index (χ4v) is 2.11. The van der Waals surface area contributed by atoms with Crippen molar-refractivity contribution in [1.29, 1.82) is 0 Å². The van der Waals surface area contributed by atoms with E-state index in [1.54, 1.807) is 6.20 Å². The fourth-order valence-electron chi connectivity index (χ4n) is 2.11. The summed E-state index contributed by atoms with van der Waals surface area (Å²) in [5, 5.41) is 6.71. The van der Waals surface area contributed by atoms with E-state index in [1.165, 1.54) is 25.7 Å². The SMILES string of the molecule is CC(N=C(N)C1CCCC1)c1cn[nH]c1. The Hall–Kier alpha value is -1.32. The Labute approximate surface area is 90.0 Å². The Morgan fingerprint density at radius 3 is 2.93 bits per heavy atom. The molecule has 1 aromatic rings. The van der Waals surface area contributed by atoms with E-state index in [2.05, 4.69) is 15.2 Å². The molecule has 1 unspecified atom stereocenters. The van der Waals surface area contributed by atoms with Gasteiger partial charge in [-0.1, -0.05) is 12.8 Å². The van der Waals surface area contributed by atoms with Crippen molar-refractivity contribution < 1.29 is 0 Å². The van der Waals surface area contributed by atoms with Crippen molar-refractivity contribution in [1.82, 2.24) is 10.2 Å². The first kappa shape index (κ1) is 10.2. The molecule has 1 aliphatic carbocycles. The van der Waals surface area contributed by atoms with Gasteiger partial charge in [-0.05, 0) is 19.8 Å². The lowest BCUT2D eigenvalue weighted by Gasteiger charge is -2.11. The number of aromatic amines is 1. The lowest BCUT2D eigenvalue weighted by Crippen LogP contribution is -2.22. The van der Waals surface area contributed by atoms with Crippen LogP contribution in [0.1, 0.15) is 44.2 Å². The molecule has 0 radical (unpaired) electrons. The summed E-state index contributed by atoms with van der Waals surface area (Å²) in [5.74, 6) is 1.33. The first-order chi connectivity index (χ1) is 7.27. The van der Waals surface area contributed by atoms with Crippen LogP contribution in [-0.4, -0.2) is 16.0 Å². The van der Waals surface area contributed by atoms with Crippen LogP contribution in [0, 0.1) is 5.92 Å². The average molecular weight is 206 g/mol. The van der Waals surface area contributed by atoms with E-state index in [4.69, 9.17) is 5.73 Å². The zero-order valence-electron chi connectivity index (χ0n) is 9.11. The van der Waals surface area contributed by atoms with E-state index in [9.17, 15) is 0 Å². The zero-order valence-corrected chi connectivity index (χ0v) is 9.11. The molecule has 4 nitrogen and oxygen atoms in total. The molecule has 4 heteroatoms. The van der Waals surface area contributed by atoms with Gasteiger partial charge in [-0.25, -0.2) is 0 Å². The van der Waals surface area contributed by atoms with Crippen LogP contribution in [0.2, 0.25) is 0 Å². The second kappa shape index (κ2) is 4.47. The van der Waals surface area contributed by atoms with Crippen molar-refractivity contribution in [2.24, 2.45) is 16.6 Å². The number of nitrogens with two attached hydrogens (primary N) is 1. The molecule has 1 heterocycles. The zero-order chi connectivity index (χ0) is 10.7. The molecule has 1 aliphatic rings. The molecule has 1 saturated carbocycles. The molecule has 0 amide bonds. The third-order valence-corrected chi connectivity index (χ3v) is 3.12. The van der Waals surface area contributed by atoms with Crippen molar-refractivity contribution in [3.05, 3.63) is 18.0 Å². The number of hydrogen-bond donors (Lipinski definition) is 2.